The van der Waals surface area contributed by atoms with Gasteiger partial charge in [-0.15, -0.1) is 6.58 Å². The van der Waals surface area contributed by atoms with Crippen molar-refractivity contribution < 1.29 is 14.8 Å². The lowest BCUT2D eigenvalue weighted by molar-refractivity contribution is -0.389. The summed E-state index contributed by atoms with van der Waals surface area (Å²) in [6.45, 7) is 6.63. The Labute approximate surface area is 110 Å². The number of aromatic nitrogens is 1. The average Bonchev–Trinajstić information content (AvgIpc) is 2.37. The predicted octanol–water partition coefficient (Wildman–Crippen LogP) is 2.09. The third kappa shape index (κ3) is 3.51. The van der Waals surface area contributed by atoms with Crippen LogP contribution >= 0.6 is 0 Å². The van der Waals surface area contributed by atoms with Crippen molar-refractivity contribution in [2.24, 2.45) is 0 Å². The van der Waals surface area contributed by atoms with Crippen LogP contribution in [0.1, 0.15) is 23.7 Å². The molecule has 0 atom stereocenters. The minimum Gasteiger partial charge on any atom is -0.478 e. The maximum Gasteiger partial charge on any atom is 0.364 e. The van der Waals surface area contributed by atoms with E-state index in [1.165, 1.54) is 6.20 Å². The lowest BCUT2D eigenvalue weighted by Gasteiger charge is -2.22. The van der Waals surface area contributed by atoms with E-state index in [1.807, 2.05) is 6.92 Å². The summed E-state index contributed by atoms with van der Waals surface area (Å²) in [4.78, 5) is 26.6. The highest BCUT2D eigenvalue weighted by molar-refractivity contribution is 5.94. The molecule has 0 bridgehead atoms. The molecule has 1 aromatic rings. The molecular formula is C12H15N3O4. The molecular weight excluding hydrogens is 250 g/mol. The normalized spacial score (nSPS) is 9.95. The fourth-order valence-electron chi connectivity index (χ4n) is 1.70. The summed E-state index contributed by atoms with van der Waals surface area (Å²) in [7, 11) is 0. The molecule has 0 fully saturated rings. The molecule has 0 aliphatic heterocycles. The molecule has 0 unspecified atom stereocenters. The van der Waals surface area contributed by atoms with Crippen LogP contribution in [0, 0.1) is 10.1 Å². The topological polar surface area (TPSA) is 96.6 Å². The number of carboxylic acid groups (broad SMARTS) is 1. The van der Waals surface area contributed by atoms with Gasteiger partial charge in [-0.2, -0.15) is 0 Å². The number of rotatable bonds is 7. The molecule has 1 aromatic heterocycles. The molecule has 0 saturated heterocycles. The van der Waals surface area contributed by atoms with Crippen LogP contribution in [0.5, 0.6) is 0 Å². The van der Waals surface area contributed by atoms with Gasteiger partial charge >= 0.3 is 11.8 Å². The molecule has 19 heavy (non-hydrogen) atoms. The van der Waals surface area contributed by atoms with Crippen molar-refractivity contribution in [1.82, 2.24) is 4.98 Å². The zero-order chi connectivity index (χ0) is 14.4. The summed E-state index contributed by atoms with van der Waals surface area (Å²) in [6.07, 6.45) is 3.67. The summed E-state index contributed by atoms with van der Waals surface area (Å²) in [5.41, 5.74) is 0.233. The number of hydrogen-bond donors (Lipinski definition) is 1. The second kappa shape index (κ2) is 6.48. The van der Waals surface area contributed by atoms with E-state index in [1.54, 1.807) is 11.0 Å². The molecule has 0 saturated carbocycles. The van der Waals surface area contributed by atoms with Crippen molar-refractivity contribution in [3.8, 4) is 0 Å². The number of hydrogen-bond acceptors (Lipinski definition) is 5. The summed E-state index contributed by atoms with van der Waals surface area (Å²) in [5, 5.41) is 19.8. The largest absolute Gasteiger partial charge is 0.478 e. The van der Waals surface area contributed by atoms with Gasteiger partial charge in [-0.05, 0) is 16.3 Å². The molecule has 0 aliphatic carbocycles. The summed E-state index contributed by atoms with van der Waals surface area (Å²) in [5.74, 6) is -1.69. The third-order valence-corrected chi connectivity index (χ3v) is 2.47. The van der Waals surface area contributed by atoms with Gasteiger partial charge in [0.15, 0.2) is 6.20 Å². The van der Waals surface area contributed by atoms with Gasteiger partial charge < -0.3 is 20.1 Å². The maximum atomic E-state index is 11.2. The van der Waals surface area contributed by atoms with Gasteiger partial charge in [0.2, 0.25) is 0 Å². The number of nitrogens with zero attached hydrogens (tertiary/aromatic N) is 3. The fourth-order valence-corrected chi connectivity index (χ4v) is 1.70. The van der Waals surface area contributed by atoms with Crippen LogP contribution in [0.15, 0.2) is 24.9 Å². The van der Waals surface area contributed by atoms with Crippen molar-refractivity contribution in [1.29, 1.82) is 0 Å². The van der Waals surface area contributed by atoms with E-state index in [-0.39, 0.29) is 5.56 Å². The molecule has 7 heteroatoms. The first-order chi connectivity index (χ1) is 9.01. The molecule has 1 heterocycles. The average molecular weight is 265 g/mol. The highest BCUT2D eigenvalue weighted by atomic mass is 16.6. The highest BCUT2D eigenvalue weighted by Crippen LogP contribution is 2.23. The van der Waals surface area contributed by atoms with Gasteiger partial charge in [-0.3, -0.25) is 0 Å². The zero-order valence-electron chi connectivity index (χ0n) is 10.6. The minimum atomic E-state index is -1.22. The molecule has 0 aromatic carbocycles. The van der Waals surface area contributed by atoms with E-state index in [0.29, 0.717) is 18.8 Å². The SMILES string of the molecule is C=CCN(CCC)c1cnc([N+](=O)[O-])cc1C(=O)O. The van der Waals surface area contributed by atoms with Crippen LogP contribution in [0.25, 0.3) is 0 Å². The van der Waals surface area contributed by atoms with Gasteiger partial charge in [0.1, 0.15) is 0 Å². The zero-order valence-corrected chi connectivity index (χ0v) is 10.6. The first-order valence-electron chi connectivity index (χ1n) is 5.74. The number of carbonyl (C=O) groups is 1. The van der Waals surface area contributed by atoms with Crippen LogP contribution in [0.4, 0.5) is 11.5 Å². The van der Waals surface area contributed by atoms with E-state index in [0.717, 1.165) is 12.5 Å². The van der Waals surface area contributed by atoms with Gasteiger partial charge in [-0.25, -0.2) is 4.79 Å². The second-order valence-electron chi connectivity index (χ2n) is 3.86. The molecule has 0 spiro atoms. The smallest absolute Gasteiger partial charge is 0.364 e. The minimum absolute atomic E-state index is 0.128. The Morgan fingerprint density at radius 1 is 1.68 bits per heavy atom. The molecule has 0 amide bonds. The first-order valence-corrected chi connectivity index (χ1v) is 5.74. The number of anilines is 1. The van der Waals surface area contributed by atoms with Gasteiger partial charge in [0, 0.05) is 13.1 Å². The monoisotopic (exact) mass is 265 g/mol. The summed E-state index contributed by atoms with van der Waals surface area (Å²) in [6, 6.07) is 0.976. The van der Waals surface area contributed by atoms with E-state index < -0.39 is 16.7 Å². The van der Waals surface area contributed by atoms with Crippen LogP contribution in [-0.2, 0) is 0 Å². The van der Waals surface area contributed by atoms with E-state index in [9.17, 15) is 14.9 Å². The number of aromatic carboxylic acids is 1. The van der Waals surface area contributed by atoms with Crippen LogP contribution in [0.3, 0.4) is 0 Å². The van der Waals surface area contributed by atoms with Gasteiger partial charge in [0.25, 0.3) is 0 Å². The number of pyridine rings is 1. The summed E-state index contributed by atoms with van der Waals surface area (Å²) < 4.78 is 0. The van der Waals surface area contributed by atoms with E-state index in [4.69, 9.17) is 5.11 Å². The van der Waals surface area contributed by atoms with Gasteiger partial charge in [0.05, 0.1) is 17.3 Å². The quantitative estimate of drug-likeness (QED) is 0.460. The van der Waals surface area contributed by atoms with Crippen LogP contribution in [-0.4, -0.2) is 34.1 Å². The predicted molar refractivity (Wildman–Crippen MR) is 70.6 cm³/mol. The van der Waals surface area contributed by atoms with E-state index >= 15 is 0 Å². The Morgan fingerprint density at radius 2 is 2.37 bits per heavy atom. The second-order valence-corrected chi connectivity index (χ2v) is 3.86. The van der Waals surface area contributed by atoms with E-state index in [2.05, 4.69) is 11.6 Å². The Kier molecular flexibility index (Phi) is 4.99. The lowest BCUT2D eigenvalue weighted by Crippen LogP contribution is -2.26. The Balaban J connectivity index is 3.27. The standard InChI is InChI=1S/C12H15N3O4/c1-3-5-14(6-4-2)10-8-13-11(15(18)19)7-9(10)12(16)17/h3,7-8H,1,4-6H2,2H3,(H,16,17). The van der Waals surface area contributed by atoms with Crippen LogP contribution in [0.2, 0.25) is 0 Å². The number of carboxylic acids is 1. The van der Waals surface area contributed by atoms with Crippen molar-refractivity contribution in [2.75, 3.05) is 18.0 Å². The highest BCUT2D eigenvalue weighted by Gasteiger charge is 2.21. The molecule has 7 nitrogen and oxygen atoms in total. The van der Waals surface area contributed by atoms with Crippen molar-refractivity contribution >= 4 is 17.5 Å². The Morgan fingerprint density at radius 3 is 2.84 bits per heavy atom. The fraction of sp³-hybridized carbons (Fsp3) is 0.333. The Hall–Kier alpha value is -2.44. The van der Waals surface area contributed by atoms with Gasteiger partial charge in [-0.1, -0.05) is 13.0 Å². The van der Waals surface area contributed by atoms with Crippen molar-refractivity contribution in [3.05, 3.63) is 40.6 Å². The maximum absolute atomic E-state index is 11.2. The molecule has 0 radical (unpaired) electrons. The molecule has 102 valence electrons. The Bertz CT molecular complexity index is 502. The van der Waals surface area contributed by atoms with Crippen molar-refractivity contribution in [2.45, 2.75) is 13.3 Å². The molecule has 1 N–H and O–H groups in total. The number of nitro groups is 1. The summed E-state index contributed by atoms with van der Waals surface area (Å²) >= 11 is 0. The van der Waals surface area contributed by atoms with Crippen LogP contribution < -0.4 is 4.90 Å². The third-order valence-electron chi connectivity index (χ3n) is 2.47. The molecule has 0 aliphatic rings. The molecule has 1 rings (SSSR count). The lowest BCUT2D eigenvalue weighted by atomic mass is 10.2. The van der Waals surface area contributed by atoms with Crippen molar-refractivity contribution in [3.63, 3.8) is 0 Å². The first kappa shape index (κ1) is 14.6.